The molecule has 0 bridgehead atoms. The van der Waals surface area contributed by atoms with E-state index < -0.39 is 7.12 Å². The number of aromatic nitrogens is 1. The number of hydrogen-bond donors (Lipinski definition) is 3. The van der Waals surface area contributed by atoms with Gasteiger partial charge in [0.1, 0.15) is 0 Å². The molecule has 3 aromatic rings. The van der Waals surface area contributed by atoms with Crippen LogP contribution in [0.5, 0.6) is 0 Å². The number of likely N-dealkylation sites (tertiary alicyclic amines) is 1. The van der Waals surface area contributed by atoms with Crippen molar-refractivity contribution < 1.29 is 14.8 Å². The number of fused-ring (bicyclic) bond motifs is 1. The topological polar surface area (TPSA) is 91.7 Å². The van der Waals surface area contributed by atoms with E-state index in [0.717, 1.165) is 42.4 Å². The molecule has 0 spiro atoms. The van der Waals surface area contributed by atoms with E-state index in [1.807, 2.05) is 35.2 Å². The normalized spacial score (nSPS) is 15.1. The van der Waals surface area contributed by atoms with E-state index >= 15 is 0 Å². The largest absolute Gasteiger partial charge is 0.472 e. The van der Waals surface area contributed by atoms with Crippen molar-refractivity contribution in [2.45, 2.75) is 31.7 Å². The Kier molecular flexibility index (Phi) is 5.71. The number of piperidine rings is 1. The predicted octanol–water partition coefficient (Wildman–Crippen LogP) is 2.13. The molecule has 7 heteroatoms. The summed E-state index contributed by atoms with van der Waals surface area (Å²) in [4.78, 5) is 15.0. The fraction of sp³-hybridized carbons (Fsp3) is 0.318. The summed E-state index contributed by atoms with van der Waals surface area (Å²) in [5.41, 5.74) is 9.68. The summed E-state index contributed by atoms with van der Waals surface area (Å²) in [6.45, 7) is 2.00. The minimum absolute atomic E-state index is 0.0263. The molecule has 1 aliphatic heterocycles. The Labute approximate surface area is 170 Å². The monoisotopic (exact) mass is 391 g/mol. The summed E-state index contributed by atoms with van der Waals surface area (Å²) in [5, 5.41) is 19.5. The van der Waals surface area contributed by atoms with Crippen molar-refractivity contribution in [3.63, 3.8) is 0 Å². The fourth-order valence-corrected chi connectivity index (χ4v) is 4.22. The van der Waals surface area contributed by atoms with Crippen molar-refractivity contribution in [2.75, 3.05) is 13.1 Å². The van der Waals surface area contributed by atoms with Gasteiger partial charge in [0, 0.05) is 36.9 Å². The molecular weight excluding hydrogens is 365 g/mol. The van der Waals surface area contributed by atoms with Gasteiger partial charge in [-0.3, -0.25) is 4.79 Å². The van der Waals surface area contributed by atoms with Crippen LogP contribution in [-0.4, -0.2) is 45.6 Å². The Bertz CT molecular complexity index is 1010. The van der Waals surface area contributed by atoms with Gasteiger partial charge in [0.25, 0.3) is 5.91 Å². The number of rotatable bonds is 5. The molecule has 0 atom stereocenters. The zero-order valence-electron chi connectivity index (χ0n) is 16.4. The maximum atomic E-state index is 13.0. The first kappa shape index (κ1) is 19.7. The van der Waals surface area contributed by atoms with E-state index in [4.69, 9.17) is 5.73 Å². The summed E-state index contributed by atoms with van der Waals surface area (Å²) < 4.78 is 1.76. The van der Waals surface area contributed by atoms with Crippen molar-refractivity contribution >= 4 is 23.9 Å². The van der Waals surface area contributed by atoms with Gasteiger partial charge in [-0.25, -0.2) is 0 Å². The van der Waals surface area contributed by atoms with E-state index in [9.17, 15) is 14.8 Å². The third kappa shape index (κ3) is 4.22. The van der Waals surface area contributed by atoms with E-state index in [-0.39, 0.29) is 12.4 Å². The molecule has 1 aromatic heterocycles. The van der Waals surface area contributed by atoms with Gasteiger partial charge in [-0.2, -0.15) is 0 Å². The van der Waals surface area contributed by atoms with Gasteiger partial charge in [-0.1, -0.05) is 30.3 Å². The summed E-state index contributed by atoms with van der Waals surface area (Å²) in [7, 11) is -1.43. The zero-order valence-corrected chi connectivity index (χ0v) is 16.4. The summed E-state index contributed by atoms with van der Waals surface area (Å²) >= 11 is 0. The molecule has 6 nitrogen and oxygen atoms in total. The maximum absolute atomic E-state index is 13.0. The molecule has 2 heterocycles. The smallest absolute Gasteiger partial charge is 0.426 e. The van der Waals surface area contributed by atoms with E-state index in [1.165, 1.54) is 5.56 Å². The second-order valence-corrected chi connectivity index (χ2v) is 7.74. The Morgan fingerprint density at radius 1 is 1.10 bits per heavy atom. The summed E-state index contributed by atoms with van der Waals surface area (Å²) in [5.74, 6) is 0.481. The van der Waals surface area contributed by atoms with Crippen LogP contribution in [0.25, 0.3) is 10.9 Å². The first-order valence-corrected chi connectivity index (χ1v) is 10.1. The van der Waals surface area contributed by atoms with Gasteiger partial charge in [-0.15, -0.1) is 0 Å². The van der Waals surface area contributed by atoms with Crippen LogP contribution >= 0.6 is 0 Å². The van der Waals surface area contributed by atoms with E-state index in [1.54, 1.807) is 10.8 Å². The molecule has 150 valence electrons. The minimum Gasteiger partial charge on any atom is -0.426 e. The Balaban J connectivity index is 1.46. The van der Waals surface area contributed by atoms with Crippen molar-refractivity contribution in [3.05, 3.63) is 71.4 Å². The SMILES string of the molecule is NCc1cccc(C2CCN(C(=O)c3ccc4ccn(CB(O)O)c4c3)CC2)c1. The number of nitrogens with two attached hydrogens (primary N) is 1. The average molecular weight is 391 g/mol. The number of carbonyl (C=O) groups excluding carboxylic acids is 1. The lowest BCUT2D eigenvalue weighted by molar-refractivity contribution is 0.0713. The number of benzene rings is 2. The van der Waals surface area contributed by atoms with E-state index in [0.29, 0.717) is 18.0 Å². The quantitative estimate of drug-likeness (QED) is 0.581. The minimum atomic E-state index is -1.43. The van der Waals surface area contributed by atoms with Gasteiger partial charge in [-0.05, 0) is 53.5 Å². The highest BCUT2D eigenvalue weighted by atomic mass is 16.4. The van der Waals surface area contributed by atoms with Crippen LogP contribution in [0.4, 0.5) is 0 Å². The lowest BCUT2D eigenvalue weighted by Crippen LogP contribution is -2.37. The first-order valence-electron chi connectivity index (χ1n) is 10.1. The molecule has 4 rings (SSSR count). The standard InChI is InChI=1S/C22H26BN3O3/c24-14-16-2-1-3-19(12-16)17-6-9-25(10-7-17)22(27)20-5-4-18-8-11-26(15-23(28)29)21(18)13-20/h1-5,8,11-13,17,28-29H,6-7,9-10,14-15,24H2. The fourth-order valence-electron chi connectivity index (χ4n) is 4.22. The molecule has 1 aliphatic rings. The molecule has 0 saturated carbocycles. The Morgan fingerprint density at radius 3 is 2.62 bits per heavy atom. The molecule has 4 N–H and O–H groups in total. The summed E-state index contributed by atoms with van der Waals surface area (Å²) in [6.07, 6.45) is 3.76. The van der Waals surface area contributed by atoms with Gasteiger partial charge in [0.15, 0.2) is 0 Å². The van der Waals surface area contributed by atoms with Gasteiger partial charge in [0.2, 0.25) is 0 Å². The van der Waals surface area contributed by atoms with Crippen LogP contribution < -0.4 is 5.73 Å². The average Bonchev–Trinajstić information content (AvgIpc) is 3.14. The van der Waals surface area contributed by atoms with Crippen LogP contribution in [0.15, 0.2) is 54.7 Å². The molecule has 1 fully saturated rings. The number of nitrogens with zero attached hydrogens (tertiary/aromatic N) is 2. The molecule has 0 aliphatic carbocycles. The second kappa shape index (κ2) is 8.41. The Morgan fingerprint density at radius 2 is 1.90 bits per heavy atom. The lowest BCUT2D eigenvalue weighted by atomic mass is 9.88. The van der Waals surface area contributed by atoms with Crippen molar-refractivity contribution in [1.82, 2.24) is 9.47 Å². The number of carbonyl (C=O) groups is 1. The highest BCUT2D eigenvalue weighted by molar-refractivity contribution is 6.39. The zero-order chi connectivity index (χ0) is 20.4. The van der Waals surface area contributed by atoms with Gasteiger partial charge >= 0.3 is 7.12 Å². The molecule has 1 saturated heterocycles. The molecule has 1 amide bonds. The maximum Gasteiger partial charge on any atom is 0.472 e. The summed E-state index contributed by atoms with van der Waals surface area (Å²) in [6, 6.07) is 15.9. The van der Waals surface area contributed by atoms with Gasteiger partial charge in [0.05, 0.1) is 6.44 Å². The van der Waals surface area contributed by atoms with Crippen LogP contribution in [0, 0.1) is 0 Å². The van der Waals surface area contributed by atoms with Gasteiger partial charge < -0.3 is 25.2 Å². The molecule has 0 unspecified atom stereocenters. The predicted molar refractivity (Wildman–Crippen MR) is 114 cm³/mol. The van der Waals surface area contributed by atoms with Crippen LogP contribution in [0.1, 0.15) is 40.2 Å². The first-order chi connectivity index (χ1) is 14.0. The van der Waals surface area contributed by atoms with Crippen LogP contribution in [0.3, 0.4) is 0 Å². The third-order valence-corrected chi connectivity index (χ3v) is 5.82. The highest BCUT2D eigenvalue weighted by Crippen LogP contribution is 2.29. The lowest BCUT2D eigenvalue weighted by Gasteiger charge is -2.32. The molecule has 29 heavy (non-hydrogen) atoms. The molecule has 0 radical (unpaired) electrons. The third-order valence-electron chi connectivity index (χ3n) is 5.82. The Hall–Kier alpha value is -2.61. The van der Waals surface area contributed by atoms with E-state index in [2.05, 4.69) is 18.2 Å². The van der Waals surface area contributed by atoms with Crippen LogP contribution in [0.2, 0.25) is 0 Å². The highest BCUT2D eigenvalue weighted by Gasteiger charge is 2.25. The number of hydrogen-bond acceptors (Lipinski definition) is 4. The van der Waals surface area contributed by atoms with Crippen molar-refractivity contribution in [2.24, 2.45) is 5.73 Å². The number of amides is 1. The second-order valence-electron chi connectivity index (χ2n) is 7.74. The van der Waals surface area contributed by atoms with Crippen molar-refractivity contribution in [3.8, 4) is 0 Å². The van der Waals surface area contributed by atoms with Crippen LogP contribution in [-0.2, 0) is 13.0 Å². The molecular formula is C22H26BN3O3. The van der Waals surface area contributed by atoms with Crippen molar-refractivity contribution in [1.29, 1.82) is 0 Å². The molecule has 2 aromatic carbocycles.